The molecule has 4 rings (SSSR count). The van der Waals surface area contributed by atoms with Crippen molar-refractivity contribution in [3.63, 3.8) is 0 Å². The maximum Gasteiger partial charge on any atom is 0.334 e. The largest absolute Gasteiger partial charge is 0.463 e. The highest BCUT2D eigenvalue weighted by Gasteiger charge is 2.66. The summed E-state index contributed by atoms with van der Waals surface area (Å²) in [6.07, 6.45) is 5.04. The van der Waals surface area contributed by atoms with Gasteiger partial charge < -0.3 is 9.47 Å². The molecule has 0 amide bonds. The summed E-state index contributed by atoms with van der Waals surface area (Å²) in [6, 6.07) is 10.0. The summed E-state index contributed by atoms with van der Waals surface area (Å²) in [5.74, 6) is 1.17. The summed E-state index contributed by atoms with van der Waals surface area (Å²) < 4.78 is 11.1. The first-order valence-electron chi connectivity index (χ1n) is 10.5. The molecule has 1 saturated heterocycles. The molecule has 150 valence electrons. The van der Waals surface area contributed by atoms with Gasteiger partial charge in [0.05, 0.1) is 6.10 Å². The van der Waals surface area contributed by atoms with Crippen molar-refractivity contribution in [1.82, 2.24) is 0 Å². The van der Waals surface area contributed by atoms with Gasteiger partial charge in [-0.1, -0.05) is 43.8 Å². The van der Waals surface area contributed by atoms with E-state index in [1.807, 2.05) is 37.3 Å². The molecule has 4 nitrogen and oxygen atoms in total. The first kappa shape index (κ1) is 19.2. The summed E-state index contributed by atoms with van der Waals surface area (Å²) in [5.41, 5.74) is 2.09. The van der Waals surface area contributed by atoms with E-state index in [0.717, 1.165) is 37.7 Å². The second kappa shape index (κ2) is 7.38. The Balaban J connectivity index is 1.21. The van der Waals surface area contributed by atoms with Crippen LogP contribution in [0.5, 0.6) is 0 Å². The van der Waals surface area contributed by atoms with E-state index in [1.165, 1.54) is 0 Å². The average Bonchev–Trinajstić information content (AvgIpc) is 3.15. The van der Waals surface area contributed by atoms with Crippen molar-refractivity contribution < 1.29 is 19.1 Å². The average molecular weight is 383 g/mol. The zero-order valence-corrected chi connectivity index (χ0v) is 16.9. The van der Waals surface area contributed by atoms with Crippen molar-refractivity contribution in [2.75, 3.05) is 0 Å². The molecular formula is C24H30O4. The van der Waals surface area contributed by atoms with Crippen LogP contribution in [0.3, 0.4) is 0 Å². The molecule has 2 saturated carbocycles. The van der Waals surface area contributed by atoms with Gasteiger partial charge in [-0.15, -0.1) is 0 Å². The molecule has 0 radical (unpaired) electrons. The lowest BCUT2D eigenvalue weighted by Gasteiger charge is -2.27. The Morgan fingerprint density at radius 1 is 1.36 bits per heavy atom. The smallest absolute Gasteiger partial charge is 0.334 e. The number of rotatable bonds is 7. The van der Waals surface area contributed by atoms with Crippen LogP contribution >= 0.6 is 0 Å². The number of carbonyl (C=O) groups is 2. The zero-order valence-electron chi connectivity index (χ0n) is 16.9. The number of hydrogen-bond donors (Lipinski definition) is 0. The Kier molecular flexibility index (Phi) is 5.07. The van der Waals surface area contributed by atoms with Crippen LogP contribution in [-0.2, 0) is 25.5 Å². The summed E-state index contributed by atoms with van der Waals surface area (Å²) in [7, 11) is 0. The van der Waals surface area contributed by atoms with E-state index in [2.05, 4.69) is 13.5 Å². The lowest BCUT2D eigenvalue weighted by molar-refractivity contribution is -0.148. The fraction of sp³-hybridized carbons (Fsp3) is 0.583. The van der Waals surface area contributed by atoms with Crippen LogP contribution in [0, 0.1) is 23.2 Å². The van der Waals surface area contributed by atoms with Crippen molar-refractivity contribution in [3.8, 4) is 0 Å². The zero-order chi connectivity index (χ0) is 19.9. The first-order valence-corrected chi connectivity index (χ1v) is 10.5. The molecule has 1 aromatic carbocycles. The Morgan fingerprint density at radius 3 is 2.86 bits per heavy atom. The Morgan fingerprint density at radius 2 is 2.11 bits per heavy atom. The molecule has 28 heavy (non-hydrogen) atoms. The first-order chi connectivity index (χ1) is 13.4. The van der Waals surface area contributed by atoms with Crippen LogP contribution in [0.2, 0.25) is 0 Å². The van der Waals surface area contributed by atoms with Gasteiger partial charge >= 0.3 is 11.9 Å². The van der Waals surface area contributed by atoms with Crippen molar-refractivity contribution >= 4 is 11.9 Å². The lowest BCUT2D eigenvalue weighted by atomic mass is 9.79. The fourth-order valence-electron chi connectivity index (χ4n) is 5.53. The van der Waals surface area contributed by atoms with Crippen molar-refractivity contribution in [2.24, 2.45) is 23.2 Å². The van der Waals surface area contributed by atoms with Crippen LogP contribution in [-0.4, -0.2) is 24.1 Å². The predicted octanol–water partition coefficient (Wildman–Crippen LogP) is 4.48. The van der Waals surface area contributed by atoms with Gasteiger partial charge in [-0.3, -0.25) is 4.79 Å². The normalized spacial score (nSPS) is 34.2. The van der Waals surface area contributed by atoms with Gasteiger partial charge in [0.1, 0.15) is 6.10 Å². The van der Waals surface area contributed by atoms with Gasteiger partial charge in [-0.2, -0.15) is 0 Å². The fourth-order valence-corrected chi connectivity index (χ4v) is 5.53. The molecule has 1 aliphatic heterocycles. The van der Waals surface area contributed by atoms with Crippen LogP contribution in [0.25, 0.3) is 0 Å². The third-order valence-electron chi connectivity index (χ3n) is 7.31. The van der Waals surface area contributed by atoms with Gasteiger partial charge in [0, 0.05) is 17.9 Å². The molecule has 1 heterocycles. The van der Waals surface area contributed by atoms with Gasteiger partial charge in [-0.25, -0.2) is 4.79 Å². The van der Waals surface area contributed by atoms with E-state index in [0.29, 0.717) is 23.8 Å². The van der Waals surface area contributed by atoms with Gasteiger partial charge in [0.25, 0.3) is 0 Å². The molecule has 2 aliphatic carbocycles. The minimum absolute atomic E-state index is 0.0273. The minimum atomic E-state index is -0.201. The van der Waals surface area contributed by atoms with E-state index in [1.54, 1.807) is 0 Å². The maximum absolute atomic E-state index is 12.1. The molecule has 0 N–H and O–H groups in total. The monoisotopic (exact) mass is 382 g/mol. The van der Waals surface area contributed by atoms with Crippen LogP contribution in [0.1, 0.15) is 51.5 Å². The Bertz CT molecular complexity index is 770. The number of carbonyl (C=O) groups excluding carboxylic acids is 2. The summed E-state index contributed by atoms with van der Waals surface area (Å²) >= 11 is 0. The number of aryl methyl sites for hydroxylation is 1. The number of esters is 2. The standard InChI is InChI=1S/C24H30O4/c1-15(27-22(25)12-10-17-7-5-4-6-8-17)9-11-19-20-13-18-16(2)23(26)28-21(18)14-24(19,20)3/h4-8,15,18-21H,2,9-14H2,1,3H3/t15?,18-,19?,20+,21-,24-/m1/s1. The second-order valence-corrected chi connectivity index (χ2v) is 9.10. The Labute approximate surface area is 167 Å². The molecule has 6 atom stereocenters. The number of hydrogen-bond acceptors (Lipinski definition) is 4. The summed E-state index contributed by atoms with van der Waals surface area (Å²) in [4.78, 5) is 23.9. The van der Waals surface area contributed by atoms with Crippen molar-refractivity contribution in [1.29, 1.82) is 0 Å². The van der Waals surface area contributed by atoms with E-state index in [-0.39, 0.29) is 35.5 Å². The van der Waals surface area contributed by atoms with Crippen LogP contribution < -0.4 is 0 Å². The minimum Gasteiger partial charge on any atom is -0.463 e. The number of ether oxygens (including phenoxy) is 2. The van der Waals surface area contributed by atoms with Crippen molar-refractivity contribution in [2.45, 2.75) is 64.6 Å². The number of benzene rings is 1. The molecule has 0 bridgehead atoms. The highest BCUT2D eigenvalue weighted by atomic mass is 16.6. The molecule has 0 spiro atoms. The summed E-state index contributed by atoms with van der Waals surface area (Å²) in [6.45, 7) is 8.25. The molecule has 3 fully saturated rings. The molecule has 0 aromatic heterocycles. The van der Waals surface area contributed by atoms with Crippen LogP contribution in [0.15, 0.2) is 42.5 Å². The maximum atomic E-state index is 12.1. The highest BCUT2D eigenvalue weighted by Crippen LogP contribution is 2.70. The van der Waals surface area contributed by atoms with E-state index in [9.17, 15) is 9.59 Å². The second-order valence-electron chi connectivity index (χ2n) is 9.10. The third kappa shape index (κ3) is 3.61. The van der Waals surface area contributed by atoms with Gasteiger partial charge in [0.15, 0.2) is 0 Å². The van der Waals surface area contributed by atoms with Crippen molar-refractivity contribution in [3.05, 3.63) is 48.0 Å². The van der Waals surface area contributed by atoms with Gasteiger partial charge in [0.2, 0.25) is 0 Å². The van der Waals surface area contributed by atoms with Gasteiger partial charge in [-0.05, 0) is 61.8 Å². The highest BCUT2D eigenvalue weighted by molar-refractivity contribution is 5.90. The SMILES string of the molecule is C=C1C(=O)O[C@@H]2C[C@]3(C)C(CCC(C)OC(=O)CCc4ccccc4)[C@@H]3C[C@H]12. The molecule has 1 aromatic rings. The predicted molar refractivity (Wildman–Crippen MR) is 106 cm³/mol. The quantitative estimate of drug-likeness (QED) is 0.516. The van der Waals surface area contributed by atoms with E-state index >= 15 is 0 Å². The van der Waals surface area contributed by atoms with E-state index < -0.39 is 0 Å². The number of fused-ring (bicyclic) bond motifs is 2. The molecular weight excluding hydrogens is 352 g/mol. The van der Waals surface area contributed by atoms with E-state index in [4.69, 9.17) is 9.47 Å². The Hall–Kier alpha value is -2.10. The van der Waals surface area contributed by atoms with Crippen LogP contribution in [0.4, 0.5) is 0 Å². The third-order valence-corrected chi connectivity index (χ3v) is 7.31. The molecule has 3 aliphatic rings. The lowest BCUT2D eigenvalue weighted by Crippen LogP contribution is -2.26. The summed E-state index contributed by atoms with van der Waals surface area (Å²) in [5, 5.41) is 0. The molecule has 2 unspecified atom stereocenters. The topological polar surface area (TPSA) is 52.6 Å². The molecule has 4 heteroatoms.